The molecule has 1 unspecified atom stereocenters. The molecule has 1 atom stereocenters. The van der Waals surface area contributed by atoms with Gasteiger partial charge >= 0.3 is 0 Å². The van der Waals surface area contributed by atoms with Crippen LogP contribution in [0.1, 0.15) is 17.3 Å². The number of H-pyrrole nitrogens is 1. The number of ether oxygens (including phenoxy) is 1. The van der Waals surface area contributed by atoms with Gasteiger partial charge in [-0.15, -0.1) is 0 Å². The Hall–Kier alpha value is -3.28. The molecule has 4 rings (SSSR count). The number of fused-ring (bicyclic) bond motifs is 1. The quantitative estimate of drug-likeness (QED) is 0.467. The number of hydrogen-bond donors (Lipinski definition) is 3. The highest BCUT2D eigenvalue weighted by Crippen LogP contribution is 2.22. The van der Waals surface area contributed by atoms with Gasteiger partial charge in [-0.05, 0) is 49.4 Å². The summed E-state index contributed by atoms with van der Waals surface area (Å²) in [5, 5.41) is 3.13. The van der Waals surface area contributed by atoms with Crippen molar-refractivity contribution in [2.45, 2.75) is 17.9 Å². The van der Waals surface area contributed by atoms with Crippen molar-refractivity contribution >= 4 is 32.5 Å². The van der Waals surface area contributed by atoms with E-state index in [1.54, 1.807) is 0 Å². The lowest BCUT2D eigenvalue weighted by Gasteiger charge is -2.32. The molecule has 9 nitrogen and oxygen atoms in total. The maximum Gasteiger partial charge on any atom is 0.261 e. The average molecular weight is 489 g/mol. The largest absolute Gasteiger partial charge is 0.379 e. The first-order valence-electron chi connectivity index (χ1n) is 10.8. The van der Waals surface area contributed by atoms with Crippen molar-refractivity contribution in [1.82, 2.24) is 15.2 Å². The van der Waals surface area contributed by atoms with Gasteiger partial charge < -0.3 is 15.0 Å². The molecular formula is C23H25FN4O5S. The van der Waals surface area contributed by atoms with Gasteiger partial charge in [0.2, 0.25) is 5.56 Å². The van der Waals surface area contributed by atoms with Gasteiger partial charge in [0, 0.05) is 48.3 Å². The molecule has 0 bridgehead atoms. The van der Waals surface area contributed by atoms with E-state index in [0.29, 0.717) is 25.3 Å². The number of nitrogens with one attached hydrogen (secondary N) is 3. The summed E-state index contributed by atoms with van der Waals surface area (Å²) in [6.07, 6.45) is 0. The van der Waals surface area contributed by atoms with Crippen LogP contribution in [0.25, 0.3) is 10.9 Å². The van der Waals surface area contributed by atoms with Gasteiger partial charge in [0.15, 0.2) is 0 Å². The maximum absolute atomic E-state index is 13.1. The van der Waals surface area contributed by atoms with E-state index in [0.717, 1.165) is 31.3 Å². The Morgan fingerprint density at radius 1 is 1.15 bits per heavy atom. The number of morpholine rings is 1. The van der Waals surface area contributed by atoms with E-state index >= 15 is 0 Å². The van der Waals surface area contributed by atoms with E-state index in [-0.39, 0.29) is 27.6 Å². The lowest BCUT2D eigenvalue weighted by Crippen LogP contribution is -2.47. The third-order valence-corrected chi connectivity index (χ3v) is 7.07. The number of carbonyl (C=O) groups is 1. The lowest BCUT2D eigenvalue weighted by atomic mass is 10.1. The van der Waals surface area contributed by atoms with E-state index in [9.17, 15) is 22.4 Å². The summed E-state index contributed by atoms with van der Waals surface area (Å²) in [6, 6.07) is 10.2. The normalized spacial score (nSPS) is 15.7. The molecule has 34 heavy (non-hydrogen) atoms. The number of aromatic nitrogens is 1. The minimum Gasteiger partial charge on any atom is -0.379 e. The van der Waals surface area contributed by atoms with Crippen molar-refractivity contribution in [3.63, 3.8) is 0 Å². The number of rotatable bonds is 7. The molecule has 3 aromatic rings. The lowest BCUT2D eigenvalue weighted by molar-refractivity contribution is 0.0204. The predicted molar refractivity (Wildman–Crippen MR) is 126 cm³/mol. The summed E-state index contributed by atoms with van der Waals surface area (Å²) in [5.41, 5.74) is 0.128. The SMILES string of the molecule is CC(CNC(=O)c1cc(=O)[nH]c2ccc(S(=O)(=O)Nc3ccc(F)cc3)cc12)N1CCOCC1. The molecule has 2 heterocycles. The van der Waals surface area contributed by atoms with Crippen LogP contribution in [0.4, 0.5) is 10.1 Å². The maximum atomic E-state index is 13.1. The van der Waals surface area contributed by atoms with Crippen molar-refractivity contribution < 1.29 is 22.3 Å². The molecule has 0 spiro atoms. The summed E-state index contributed by atoms with van der Waals surface area (Å²) in [6.45, 7) is 5.17. The van der Waals surface area contributed by atoms with Gasteiger partial charge in [-0.2, -0.15) is 0 Å². The zero-order valence-corrected chi connectivity index (χ0v) is 19.3. The second-order valence-corrected chi connectivity index (χ2v) is 9.76. The molecule has 1 aliphatic rings. The number of amides is 1. The highest BCUT2D eigenvalue weighted by molar-refractivity contribution is 7.92. The van der Waals surface area contributed by atoms with Crippen LogP contribution in [-0.2, 0) is 14.8 Å². The molecular weight excluding hydrogens is 463 g/mol. The van der Waals surface area contributed by atoms with Crippen LogP contribution in [0.2, 0.25) is 0 Å². The first-order chi connectivity index (χ1) is 16.2. The predicted octanol–water partition coefficient (Wildman–Crippen LogP) is 1.92. The van der Waals surface area contributed by atoms with Crippen LogP contribution in [0.3, 0.4) is 0 Å². The smallest absolute Gasteiger partial charge is 0.261 e. The monoisotopic (exact) mass is 488 g/mol. The van der Waals surface area contributed by atoms with Crippen LogP contribution < -0.4 is 15.6 Å². The van der Waals surface area contributed by atoms with Crippen molar-refractivity contribution in [2.24, 2.45) is 0 Å². The number of hydrogen-bond acceptors (Lipinski definition) is 6. The Bertz CT molecular complexity index is 1350. The minimum absolute atomic E-state index is 0.0666. The summed E-state index contributed by atoms with van der Waals surface area (Å²) >= 11 is 0. The Kier molecular flexibility index (Phi) is 6.96. The standard InChI is InChI=1S/C23H25FN4O5S/c1-15(28-8-10-33-11-9-28)14-25-23(30)20-13-22(29)26-21-7-6-18(12-19(20)21)34(31,32)27-17-4-2-16(24)3-5-17/h2-7,12-13,15,27H,8-11,14H2,1H3,(H,25,30)(H,26,29). The zero-order chi connectivity index (χ0) is 24.3. The third kappa shape index (κ3) is 5.44. The molecule has 180 valence electrons. The number of aromatic amines is 1. The van der Waals surface area contributed by atoms with Gasteiger partial charge in [-0.25, -0.2) is 12.8 Å². The molecule has 2 aromatic carbocycles. The summed E-state index contributed by atoms with van der Waals surface area (Å²) in [5.74, 6) is -0.964. The van der Waals surface area contributed by atoms with Gasteiger partial charge in [0.1, 0.15) is 5.82 Å². The highest BCUT2D eigenvalue weighted by Gasteiger charge is 2.21. The molecule has 11 heteroatoms. The summed E-state index contributed by atoms with van der Waals surface area (Å²) < 4.78 is 46.6. The first kappa shape index (κ1) is 23.9. The number of pyridine rings is 1. The van der Waals surface area contributed by atoms with Crippen molar-refractivity contribution in [3.8, 4) is 0 Å². The molecule has 0 radical (unpaired) electrons. The van der Waals surface area contributed by atoms with E-state index in [1.165, 1.54) is 30.3 Å². The molecule has 1 fully saturated rings. The van der Waals surface area contributed by atoms with Crippen molar-refractivity contribution in [1.29, 1.82) is 0 Å². The van der Waals surface area contributed by atoms with E-state index in [2.05, 4.69) is 19.9 Å². The number of benzene rings is 2. The average Bonchev–Trinajstić information content (AvgIpc) is 2.83. The van der Waals surface area contributed by atoms with Gasteiger partial charge in [0.05, 0.1) is 23.7 Å². The fourth-order valence-corrected chi connectivity index (χ4v) is 4.89. The number of sulfonamides is 1. The number of nitrogens with zero attached hydrogens (tertiary/aromatic N) is 1. The first-order valence-corrected chi connectivity index (χ1v) is 12.3. The third-order valence-electron chi connectivity index (χ3n) is 5.69. The van der Waals surface area contributed by atoms with Crippen molar-refractivity contribution in [2.75, 3.05) is 37.6 Å². The van der Waals surface area contributed by atoms with Crippen LogP contribution in [0, 0.1) is 5.82 Å². The molecule has 1 aliphatic heterocycles. The number of anilines is 1. The highest BCUT2D eigenvalue weighted by atomic mass is 32.2. The van der Waals surface area contributed by atoms with Crippen LogP contribution in [0.5, 0.6) is 0 Å². The van der Waals surface area contributed by atoms with Crippen LogP contribution in [-0.4, -0.2) is 63.1 Å². The molecule has 0 saturated carbocycles. The van der Waals surface area contributed by atoms with Crippen molar-refractivity contribution in [3.05, 3.63) is 70.3 Å². The van der Waals surface area contributed by atoms with Gasteiger partial charge in [0.25, 0.3) is 15.9 Å². The molecule has 0 aliphatic carbocycles. The second kappa shape index (κ2) is 9.92. The summed E-state index contributed by atoms with van der Waals surface area (Å²) in [4.78, 5) is 29.8. The molecule has 3 N–H and O–H groups in total. The Balaban J connectivity index is 1.59. The van der Waals surface area contributed by atoms with Crippen LogP contribution >= 0.6 is 0 Å². The zero-order valence-electron chi connectivity index (χ0n) is 18.5. The summed E-state index contributed by atoms with van der Waals surface area (Å²) in [7, 11) is -4.03. The Labute approximate surface area is 196 Å². The number of halogens is 1. The second-order valence-electron chi connectivity index (χ2n) is 8.07. The van der Waals surface area contributed by atoms with Crippen LogP contribution in [0.15, 0.2) is 58.2 Å². The topological polar surface area (TPSA) is 121 Å². The fraction of sp³-hybridized carbons (Fsp3) is 0.304. The minimum atomic E-state index is -4.03. The van der Waals surface area contributed by atoms with E-state index in [4.69, 9.17) is 4.74 Å². The fourth-order valence-electron chi connectivity index (χ4n) is 3.80. The molecule has 1 aromatic heterocycles. The number of carbonyl (C=O) groups excluding carboxylic acids is 1. The van der Waals surface area contributed by atoms with Gasteiger partial charge in [-0.1, -0.05) is 0 Å². The van der Waals surface area contributed by atoms with Gasteiger partial charge in [-0.3, -0.25) is 19.2 Å². The van der Waals surface area contributed by atoms with E-state index < -0.39 is 27.3 Å². The molecule has 1 saturated heterocycles. The Morgan fingerprint density at radius 3 is 2.56 bits per heavy atom. The Morgan fingerprint density at radius 2 is 1.85 bits per heavy atom. The molecule has 1 amide bonds. The van der Waals surface area contributed by atoms with E-state index in [1.807, 2.05) is 6.92 Å².